The van der Waals surface area contributed by atoms with Crippen LogP contribution in [0, 0.1) is 6.92 Å². The molecule has 2 aromatic rings. The van der Waals surface area contributed by atoms with Crippen molar-refractivity contribution < 1.29 is 9.53 Å². The minimum Gasteiger partial charge on any atom is -0.373 e. The Morgan fingerprint density at radius 1 is 1.42 bits per heavy atom. The molecule has 1 N–H and O–H groups in total. The van der Waals surface area contributed by atoms with E-state index in [2.05, 4.69) is 27.3 Å². The molecule has 0 unspecified atom stereocenters. The third-order valence-electron chi connectivity index (χ3n) is 4.50. The largest absolute Gasteiger partial charge is 0.373 e. The Morgan fingerprint density at radius 2 is 2.25 bits per heavy atom. The first-order valence-corrected chi connectivity index (χ1v) is 8.10. The van der Waals surface area contributed by atoms with E-state index >= 15 is 0 Å². The van der Waals surface area contributed by atoms with Gasteiger partial charge in [0.15, 0.2) is 0 Å². The Hall–Kier alpha value is -2.19. The van der Waals surface area contributed by atoms with E-state index in [9.17, 15) is 4.79 Å². The number of hydrogen-bond donors (Lipinski definition) is 1. The Balaban J connectivity index is 1.63. The van der Waals surface area contributed by atoms with E-state index in [4.69, 9.17) is 4.74 Å². The summed E-state index contributed by atoms with van der Waals surface area (Å²) in [4.78, 5) is 18.6. The van der Waals surface area contributed by atoms with Crippen LogP contribution in [0.25, 0.3) is 0 Å². The highest BCUT2D eigenvalue weighted by atomic mass is 16.5. The number of aryl methyl sites for hydroxylation is 2. The van der Waals surface area contributed by atoms with Crippen molar-refractivity contribution in [1.82, 2.24) is 29.5 Å². The number of carbonyl (C=O) groups excluding carboxylic acids is 1. The van der Waals surface area contributed by atoms with Gasteiger partial charge < -0.3 is 14.6 Å². The summed E-state index contributed by atoms with van der Waals surface area (Å²) < 4.78 is 9.61. The zero-order chi connectivity index (χ0) is 17.1. The van der Waals surface area contributed by atoms with E-state index in [0.29, 0.717) is 13.2 Å². The summed E-state index contributed by atoms with van der Waals surface area (Å²) in [5.74, 6) is 0.781. The molecular weight excluding hydrogens is 308 g/mol. The molecule has 1 fully saturated rings. The molecular formula is C16H24N6O2. The lowest BCUT2D eigenvalue weighted by molar-refractivity contribution is -0.123. The Bertz CT molecular complexity index is 694. The number of imidazole rings is 1. The zero-order valence-corrected chi connectivity index (χ0v) is 14.3. The molecule has 0 bridgehead atoms. The molecule has 1 aliphatic rings. The molecule has 3 rings (SSSR count). The number of aromatic nitrogens is 4. The van der Waals surface area contributed by atoms with E-state index in [0.717, 1.165) is 18.1 Å². The summed E-state index contributed by atoms with van der Waals surface area (Å²) >= 11 is 0. The molecule has 2 atom stereocenters. The van der Waals surface area contributed by atoms with Gasteiger partial charge in [0.25, 0.3) is 0 Å². The highest BCUT2D eigenvalue weighted by molar-refractivity contribution is 5.75. The van der Waals surface area contributed by atoms with E-state index in [-0.39, 0.29) is 24.6 Å². The summed E-state index contributed by atoms with van der Waals surface area (Å²) in [6, 6.07) is 2.07. The predicted octanol–water partition coefficient (Wildman–Crippen LogP) is 0.113. The molecule has 2 aromatic heterocycles. The zero-order valence-electron chi connectivity index (χ0n) is 14.3. The molecule has 24 heavy (non-hydrogen) atoms. The molecule has 0 spiro atoms. The van der Waals surface area contributed by atoms with Gasteiger partial charge in [0.2, 0.25) is 5.91 Å². The van der Waals surface area contributed by atoms with Crippen molar-refractivity contribution in [1.29, 1.82) is 0 Å². The highest BCUT2D eigenvalue weighted by Crippen LogP contribution is 2.27. The fourth-order valence-corrected chi connectivity index (χ4v) is 3.12. The van der Waals surface area contributed by atoms with Gasteiger partial charge in [-0.1, -0.05) is 0 Å². The lowest BCUT2D eigenvalue weighted by atomic mass is 10.0. The van der Waals surface area contributed by atoms with Crippen LogP contribution in [0.1, 0.15) is 17.6 Å². The first kappa shape index (κ1) is 16.7. The van der Waals surface area contributed by atoms with Crippen molar-refractivity contribution in [3.8, 4) is 0 Å². The molecule has 1 amide bonds. The average molecular weight is 332 g/mol. The first-order valence-electron chi connectivity index (χ1n) is 8.10. The van der Waals surface area contributed by atoms with E-state index < -0.39 is 0 Å². The third-order valence-corrected chi connectivity index (χ3v) is 4.50. The fourth-order valence-electron chi connectivity index (χ4n) is 3.12. The van der Waals surface area contributed by atoms with E-state index in [1.807, 2.05) is 29.3 Å². The van der Waals surface area contributed by atoms with Gasteiger partial charge in [-0.15, -0.1) is 0 Å². The van der Waals surface area contributed by atoms with Crippen LogP contribution in [-0.4, -0.2) is 63.0 Å². The van der Waals surface area contributed by atoms with Gasteiger partial charge in [-0.25, -0.2) is 4.98 Å². The summed E-state index contributed by atoms with van der Waals surface area (Å²) in [6.45, 7) is 4.13. The summed E-state index contributed by atoms with van der Waals surface area (Å²) in [6.07, 6.45) is 5.18. The summed E-state index contributed by atoms with van der Waals surface area (Å²) in [7, 11) is 4.00. The Labute approximate surface area is 141 Å². The van der Waals surface area contributed by atoms with Gasteiger partial charge >= 0.3 is 0 Å². The Morgan fingerprint density at radius 3 is 2.92 bits per heavy atom. The van der Waals surface area contributed by atoms with Crippen molar-refractivity contribution in [2.75, 3.05) is 26.7 Å². The molecule has 0 aliphatic carbocycles. The fraction of sp³-hybridized carbons (Fsp3) is 0.562. The summed E-state index contributed by atoms with van der Waals surface area (Å²) in [5, 5.41) is 7.23. The molecule has 0 saturated carbocycles. The minimum atomic E-state index is -0.105. The number of morpholine rings is 1. The van der Waals surface area contributed by atoms with Gasteiger partial charge in [-0.2, -0.15) is 5.10 Å². The highest BCUT2D eigenvalue weighted by Gasteiger charge is 2.33. The molecule has 1 aliphatic heterocycles. The van der Waals surface area contributed by atoms with Gasteiger partial charge in [0, 0.05) is 38.7 Å². The standard InChI is InChI=1S/C16H24N6O2/c1-12-17-6-7-22(12)11-15(23)18-10-14-16(20(2)8-9-24-14)13-4-5-19-21(13)3/h4-7,14,16H,8-11H2,1-3H3,(H,18,23)/t14-,16-/m0/s1. The van der Waals surface area contributed by atoms with Crippen molar-refractivity contribution >= 4 is 5.91 Å². The van der Waals surface area contributed by atoms with E-state index in [1.165, 1.54) is 0 Å². The quantitative estimate of drug-likeness (QED) is 0.841. The number of amides is 1. The van der Waals surface area contributed by atoms with Gasteiger partial charge in [0.05, 0.1) is 24.4 Å². The minimum absolute atomic E-state index is 0.0447. The van der Waals surface area contributed by atoms with Gasteiger partial charge in [-0.3, -0.25) is 14.4 Å². The topological polar surface area (TPSA) is 77.2 Å². The molecule has 3 heterocycles. The van der Waals surface area contributed by atoms with Crippen molar-refractivity contribution in [3.05, 3.63) is 36.2 Å². The van der Waals surface area contributed by atoms with Crippen molar-refractivity contribution in [2.24, 2.45) is 7.05 Å². The first-order chi connectivity index (χ1) is 11.6. The van der Waals surface area contributed by atoms with Crippen LogP contribution in [-0.2, 0) is 23.1 Å². The van der Waals surface area contributed by atoms with Gasteiger partial charge in [-0.05, 0) is 20.0 Å². The maximum Gasteiger partial charge on any atom is 0.240 e. The number of hydrogen-bond acceptors (Lipinski definition) is 5. The third kappa shape index (κ3) is 3.49. The second-order valence-corrected chi connectivity index (χ2v) is 6.12. The van der Waals surface area contributed by atoms with Crippen molar-refractivity contribution in [3.63, 3.8) is 0 Å². The van der Waals surface area contributed by atoms with Crippen molar-refractivity contribution in [2.45, 2.75) is 25.6 Å². The maximum absolute atomic E-state index is 12.2. The van der Waals surface area contributed by atoms with Crippen LogP contribution in [0.2, 0.25) is 0 Å². The molecule has 1 saturated heterocycles. The molecule has 0 radical (unpaired) electrons. The maximum atomic E-state index is 12.2. The monoisotopic (exact) mass is 332 g/mol. The molecule has 8 nitrogen and oxygen atoms in total. The Kier molecular flexibility index (Phi) is 4.96. The molecule has 8 heteroatoms. The van der Waals surface area contributed by atoms with Gasteiger partial charge in [0.1, 0.15) is 12.4 Å². The lowest BCUT2D eigenvalue weighted by Gasteiger charge is -2.39. The van der Waals surface area contributed by atoms with Crippen LogP contribution >= 0.6 is 0 Å². The number of nitrogens with zero attached hydrogens (tertiary/aromatic N) is 5. The normalized spacial score (nSPS) is 21.8. The SMILES string of the molecule is Cc1nccn1CC(=O)NC[C@@H]1OCCN(C)[C@H]1c1ccnn1C. The smallest absolute Gasteiger partial charge is 0.240 e. The predicted molar refractivity (Wildman–Crippen MR) is 88.3 cm³/mol. The average Bonchev–Trinajstić information content (AvgIpc) is 3.14. The molecule has 130 valence electrons. The van der Waals surface area contributed by atoms with Crippen LogP contribution in [0.15, 0.2) is 24.7 Å². The lowest BCUT2D eigenvalue weighted by Crippen LogP contribution is -2.49. The second-order valence-electron chi connectivity index (χ2n) is 6.12. The number of carbonyl (C=O) groups is 1. The number of rotatable bonds is 5. The van der Waals surface area contributed by atoms with E-state index in [1.54, 1.807) is 18.6 Å². The van der Waals surface area contributed by atoms with Crippen LogP contribution in [0.4, 0.5) is 0 Å². The number of likely N-dealkylation sites (N-methyl/N-ethyl adjacent to an activating group) is 1. The molecule has 0 aromatic carbocycles. The number of nitrogens with one attached hydrogen (secondary N) is 1. The summed E-state index contributed by atoms with van der Waals surface area (Å²) in [5.41, 5.74) is 1.09. The number of ether oxygens (including phenoxy) is 1. The van der Waals surface area contributed by atoms with Crippen LogP contribution in [0.3, 0.4) is 0 Å². The van der Waals surface area contributed by atoms with Crippen LogP contribution in [0.5, 0.6) is 0 Å². The van der Waals surface area contributed by atoms with Crippen LogP contribution < -0.4 is 5.32 Å². The second kappa shape index (κ2) is 7.14.